The summed E-state index contributed by atoms with van der Waals surface area (Å²) in [5, 5.41) is 19.3. The van der Waals surface area contributed by atoms with Gasteiger partial charge in [0.05, 0.1) is 14.2 Å². The molecule has 2 aromatic carbocycles. The lowest BCUT2D eigenvalue weighted by Crippen LogP contribution is -1.94. The van der Waals surface area contributed by atoms with Crippen LogP contribution in [0.2, 0.25) is 0 Å². The first-order valence-corrected chi connectivity index (χ1v) is 9.55. The summed E-state index contributed by atoms with van der Waals surface area (Å²) >= 11 is 0. The predicted molar refractivity (Wildman–Crippen MR) is 118 cm³/mol. The van der Waals surface area contributed by atoms with Crippen LogP contribution in [0.3, 0.4) is 0 Å². The fraction of sp³-hybridized carbons (Fsp3) is 0.160. The smallest absolute Gasteiger partial charge is 0.185 e. The quantitative estimate of drug-likeness (QED) is 0.659. The lowest BCUT2D eigenvalue weighted by atomic mass is 10.1. The van der Waals surface area contributed by atoms with Crippen molar-refractivity contribution in [3.63, 3.8) is 0 Å². The number of Topliss-reactive ketones (excluding diaryl/α,β-unsaturated/α-hetero) is 1. The monoisotopic (exact) mass is 404 g/mol. The third-order valence-electron chi connectivity index (χ3n) is 4.83. The van der Waals surface area contributed by atoms with E-state index >= 15 is 0 Å². The van der Waals surface area contributed by atoms with E-state index in [0.717, 1.165) is 22.3 Å². The molecular weight excluding hydrogens is 380 g/mol. The second-order valence-corrected chi connectivity index (χ2v) is 6.79. The molecule has 0 unspecified atom stereocenters. The molecule has 0 amide bonds. The van der Waals surface area contributed by atoms with E-state index in [1.54, 1.807) is 36.4 Å². The van der Waals surface area contributed by atoms with Crippen LogP contribution in [0.4, 0.5) is 0 Å². The summed E-state index contributed by atoms with van der Waals surface area (Å²) in [5.74, 6) is 1.05. The van der Waals surface area contributed by atoms with Crippen LogP contribution in [0, 0.1) is 0 Å². The fourth-order valence-electron chi connectivity index (χ4n) is 3.17. The maximum atomic E-state index is 12.6. The molecule has 1 saturated carbocycles. The standard InChI is InChI=1S/C25H24O5/c1-29-23-15-17(9-13-21(23)26)5-3-7-19-11-12-20(25(19)28)8-4-6-18-10-14-22(27)24(16-18)30-2/h3-10,13-16,26-27H,11-12H2,1-2H3/b5-3+,6-4+,19-7-,20-8+. The van der Waals surface area contributed by atoms with Crippen molar-refractivity contribution in [2.75, 3.05) is 14.2 Å². The molecule has 3 rings (SSSR count). The normalized spacial score (nSPS) is 16.9. The zero-order chi connectivity index (χ0) is 21.5. The Balaban J connectivity index is 1.66. The van der Waals surface area contributed by atoms with Gasteiger partial charge in [-0.25, -0.2) is 0 Å². The van der Waals surface area contributed by atoms with Crippen LogP contribution >= 0.6 is 0 Å². The Hall–Kier alpha value is -3.73. The minimum atomic E-state index is 0.0517. The molecule has 0 radical (unpaired) electrons. The van der Waals surface area contributed by atoms with Gasteiger partial charge >= 0.3 is 0 Å². The van der Waals surface area contributed by atoms with Gasteiger partial charge in [-0.1, -0.05) is 48.6 Å². The molecule has 0 bridgehead atoms. The van der Waals surface area contributed by atoms with Gasteiger partial charge in [0.1, 0.15) is 0 Å². The molecule has 0 spiro atoms. The second-order valence-electron chi connectivity index (χ2n) is 6.79. The van der Waals surface area contributed by atoms with E-state index < -0.39 is 0 Å². The van der Waals surface area contributed by atoms with Crippen molar-refractivity contribution < 1.29 is 24.5 Å². The fourth-order valence-corrected chi connectivity index (χ4v) is 3.17. The van der Waals surface area contributed by atoms with E-state index in [2.05, 4.69) is 0 Å². The minimum absolute atomic E-state index is 0.0517. The number of ketones is 1. The summed E-state index contributed by atoms with van der Waals surface area (Å²) in [5.41, 5.74) is 3.27. The number of benzene rings is 2. The first kappa shape index (κ1) is 21.0. The van der Waals surface area contributed by atoms with Crippen molar-refractivity contribution in [3.05, 3.63) is 83.0 Å². The average molecular weight is 404 g/mol. The van der Waals surface area contributed by atoms with Crippen LogP contribution in [-0.4, -0.2) is 30.2 Å². The highest BCUT2D eigenvalue weighted by Gasteiger charge is 2.21. The maximum absolute atomic E-state index is 12.6. The van der Waals surface area contributed by atoms with Crippen LogP contribution in [0.1, 0.15) is 24.0 Å². The Bertz CT molecular complexity index is 974. The molecule has 0 aliphatic heterocycles. The molecule has 30 heavy (non-hydrogen) atoms. The van der Waals surface area contributed by atoms with Gasteiger partial charge in [-0.3, -0.25) is 4.79 Å². The van der Waals surface area contributed by atoms with Crippen LogP contribution < -0.4 is 9.47 Å². The van der Waals surface area contributed by atoms with E-state index in [1.807, 2.05) is 36.5 Å². The Morgan fingerprint density at radius 1 is 0.767 bits per heavy atom. The Morgan fingerprint density at radius 2 is 1.20 bits per heavy atom. The maximum Gasteiger partial charge on any atom is 0.185 e. The molecular formula is C25H24O5. The third kappa shape index (κ3) is 5.00. The highest BCUT2D eigenvalue weighted by atomic mass is 16.5. The molecule has 5 heteroatoms. The zero-order valence-corrected chi connectivity index (χ0v) is 17.0. The lowest BCUT2D eigenvalue weighted by Gasteiger charge is -2.03. The number of hydrogen-bond acceptors (Lipinski definition) is 5. The number of rotatable bonds is 6. The van der Waals surface area contributed by atoms with Gasteiger partial charge < -0.3 is 19.7 Å². The number of carbonyl (C=O) groups excluding carboxylic acids is 1. The number of allylic oxidation sites excluding steroid dienone is 6. The molecule has 1 aliphatic rings. The van der Waals surface area contributed by atoms with E-state index in [-0.39, 0.29) is 17.3 Å². The van der Waals surface area contributed by atoms with Crippen molar-refractivity contribution in [2.24, 2.45) is 0 Å². The molecule has 5 nitrogen and oxygen atoms in total. The summed E-state index contributed by atoms with van der Waals surface area (Å²) in [7, 11) is 3.00. The van der Waals surface area contributed by atoms with Gasteiger partial charge in [0.15, 0.2) is 28.8 Å². The average Bonchev–Trinajstić information content (AvgIpc) is 3.10. The highest BCUT2D eigenvalue weighted by Crippen LogP contribution is 2.29. The van der Waals surface area contributed by atoms with E-state index in [0.29, 0.717) is 24.3 Å². The molecule has 2 aromatic rings. The molecule has 1 aliphatic carbocycles. The minimum Gasteiger partial charge on any atom is -0.504 e. The van der Waals surface area contributed by atoms with E-state index in [4.69, 9.17) is 9.47 Å². The number of methoxy groups -OCH3 is 2. The largest absolute Gasteiger partial charge is 0.504 e. The molecule has 154 valence electrons. The van der Waals surface area contributed by atoms with Crippen LogP contribution in [0.5, 0.6) is 23.0 Å². The van der Waals surface area contributed by atoms with Gasteiger partial charge in [-0.15, -0.1) is 0 Å². The predicted octanol–water partition coefficient (Wildman–Crippen LogP) is 5.06. The molecule has 0 atom stereocenters. The first-order valence-electron chi connectivity index (χ1n) is 9.55. The van der Waals surface area contributed by atoms with Gasteiger partial charge in [0.25, 0.3) is 0 Å². The van der Waals surface area contributed by atoms with Crippen LogP contribution in [0.25, 0.3) is 12.2 Å². The topological polar surface area (TPSA) is 76.0 Å². The van der Waals surface area contributed by atoms with Gasteiger partial charge in [0.2, 0.25) is 0 Å². The van der Waals surface area contributed by atoms with Gasteiger partial charge in [0, 0.05) is 11.1 Å². The molecule has 0 aromatic heterocycles. The number of carbonyl (C=O) groups is 1. The van der Waals surface area contributed by atoms with Crippen LogP contribution in [-0.2, 0) is 4.79 Å². The SMILES string of the molecule is COc1cc(/C=C/C=C2/CC/C(=C\C=C\c3ccc(O)c(OC)c3)C2=O)ccc1O. The van der Waals surface area contributed by atoms with Crippen molar-refractivity contribution in [3.8, 4) is 23.0 Å². The second kappa shape index (κ2) is 9.65. The molecule has 2 N–H and O–H groups in total. The number of hydrogen-bond donors (Lipinski definition) is 2. The van der Waals surface area contributed by atoms with Crippen molar-refractivity contribution in [2.45, 2.75) is 12.8 Å². The number of aromatic hydroxyl groups is 2. The molecule has 0 heterocycles. The lowest BCUT2D eigenvalue weighted by molar-refractivity contribution is -0.111. The van der Waals surface area contributed by atoms with Gasteiger partial charge in [-0.2, -0.15) is 0 Å². The van der Waals surface area contributed by atoms with Crippen LogP contribution in [0.15, 0.2) is 71.8 Å². The number of phenols is 2. The van der Waals surface area contributed by atoms with E-state index in [1.165, 1.54) is 14.2 Å². The Kier molecular flexibility index (Phi) is 6.75. The van der Waals surface area contributed by atoms with Crippen molar-refractivity contribution >= 4 is 17.9 Å². The van der Waals surface area contributed by atoms with Crippen molar-refractivity contribution in [1.29, 1.82) is 0 Å². The first-order chi connectivity index (χ1) is 14.5. The third-order valence-corrected chi connectivity index (χ3v) is 4.83. The summed E-state index contributed by atoms with van der Waals surface area (Å²) < 4.78 is 10.2. The Labute approximate surface area is 175 Å². The summed E-state index contributed by atoms with van der Waals surface area (Å²) in [6.07, 6.45) is 12.5. The Morgan fingerprint density at radius 3 is 1.60 bits per heavy atom. The van der Waals surface area contributed by atoms with Crippen molar-refractivity contribution in [1.82, 2.24) is 0 Å². The number of ether oxygens (including phenoxy) is 2. The summed E-state index contributed by atoms with van der Waals surface area (Å²) in [6.45, 7) is 0. The van der Waals surface area contributed by atoms with E-state index in [9.17, 15) is 15.0 Å². The molecule has 1 fully saturated rings. The summed E-state index contributed by atoms with van der Waals surface area (Å²) in [6, 6.07) is 10.2. The zero-order valence-electron chi connectivity index (χ0n) is 17.0. The van der Waals surface area contributed by atoms with Gasteiger partial charge in [-0.05, 0) is 48.2 Å². The molecule has 0 saturated heterocycles. The number of phenolic OH excluding ortho intramolecular Hbond substituents is 2. The summed E-state index contributed by atoms with van der Waals surface area (Å²) in [4.78, 5) is 12.6. The highest BCUT2D eigenvalue weighted by molar-refractivity contribution is 6.11.